The highest BCUT2D eigenvalue weighted by Crippen LogP contribution is 2.35. The van der Waals surface area contributed by atoms with Gasteiger partial charge in [-0.2, -0.15) is 13.2 Å². The van der Waals surface area contributed by atoms with Gasteiger partial charge in [0.2, 0.25) is 0 Å². The number of aliphatic hydroxyl groups excluding tert-OH is 1. The van der Waals surface area contributed by atoms with Crippen LogP contribution < -0.4 is 0 Å². The van der Waals surface area contributed by atoms with Gasteiger partial charge in [0.15, 0.2) is 0 Å². The highest BCUT2D eigenvalue weighted by Gasteiger charge is 2.31. The molecule has 17 heavy (non-hydrogen) atoms. The normalized spacial score (nSPS) is 19.5. The third-order valence-corrected chi connectivity index (χ3v) is 3.26. The first-order valence-electron chi connectivity index (χ1n) is 5.69. The van der Waals surface area contributed by atoms with Crippen LogP contribution in [-0.2, 0) is 6.18 Å². The Balaban J connectivity index is 2.12. The standard InChI is InChI=1S/C12H14F3NO/c13-12(14,15)9-5-6-10(16-7-9)11(17)8-3-1-2-4-8/h5-8,11,17H,1-4H2. The van der Waals surface area contributed by atoms with Crippen LogP contribution in [-0.4, -0.2) is 10.1 Å². The predicted octanol–water partition coefficient (Wildman–Crippen LogP) is 3.32. The molecule has 1 atom stereocenters. The van der Waals surface area contributed by atoms with E-state index in [4.69, 9.17) is 0 Å². The van der Waals surface area contributed by atoms with Gasteiger partial charge in [-0.25, -0.2) is 0 Å². The molecular formula is C12H14F3NO. The summed E-state index contributed by atoms with van der Waals surface area (Å²) >= 11 is 0. The highest BCUT2D eigenvalue weighted by molar-refractivity contribution is 5.18. The maximum atomic E-state index is 12.3. The minimum atomic E-state index is -4.37. The van der Waals surface area contributed by atoms with E-state index in [1.807, 2.05) is 0 Å². The molecule has 1 aliphatic carbocycles. The zero-order valence-electron chi connectivity index (χ0n) is 9.24. The van der Waals surface area contributed by atoms with Crippen LogP contribution in [0.15, 0.2) is 18.3 Å². The van der Waals surface area contributed by atoms with E-state index >= 15 is 0 Å². The number of nitrogens with zero attached hydrogens (tertiary/aromatic N) is 1. The zero-order valence-corrected chi connectivity index (χ0v) is 9.24. The van der Waals surface area contributed by atoms with Gasteiger partial charge in [0.1, 0.15) is 0 Å². The van der Waals surface area contributed by atoms with Crippen molar-refractivity contribution in [3.8, 4) is 0 Å². The molecule has 0 bridgehead atoms. The second kappa shape index (κ2) is 4.64. The summed E-state index contributed by atoms with van der Waals surface area (Å²) in [5.74, 6) is 0.138. The van der Waals surface area contributed by atoms with Crippen molar-refractivity contribution in [1.29, 1.82) is 0 Å². The summed E-state index contributed by atoms with van der Waals surface area (Å²) in [6.45, 7) is 0. The smallest absolute Gasteiger partial charge is 0.387 e. The van der Waals surface area contributed by atoms with Gasteiger partial charge < -0.3 is 5.11 Å². The van der Waals surface area contributed by atoms with Crippen LogP contribution in [0.3, 0.4) is 0 Å². The Morgan fingerprint density at radius 3 is 2.35 bits per heavy atom. The number of aromatic nitrogens is 1. The van der Waals surface area contributed by atoms with Crippen molar-refractivity contribution < 1.29 is 18.3 Å². The van der Waals surface area contributed by atoms with E-state index in [1.54, 1.807) is 0 Å². The minimum Gasteiger partial charge on any atom is -0.387 e. The topological polar surface area (TPSA) is 33.1 Å². The monoisotopic (exact) mass is 245 g/mol. The number of pyridine rings is 1. The summed E-state index contributed by atoms with van der Waals surface area (Å²) in [5.41, 5.74) is -0.440. The number of aliphatic hydroxyl groups is 1. The van der Waals surface area contributed by atoms with Crippen molar-refractivity contribution in [3.63, 3.8) is 0 Å². The molecule has 1 heterocycles. The molecule has 1 unspecified atom stereocenters. The lowest BCUT2D eigenvalue weighted by atomic mass is 9.97. The first-order chi connectivity index (χ1) is 7.98. The lowest BCUT2D eigenvalue weighted by Gasteiger charge is -2.17. The molecule has 0 amide bonds. The van der Waals surface area contributed by atoms with Crippen LogP contribution in [0, 0.1) is 5.92 Å². The first-order valence-corrected chi connectivity index (χ1v) is 5.69. The van der Waals surface area contributed by atoms with Crippen LogP contribution in [0.1, 0.15) is 43.0 Å². The van der Waals surface area contributed by atoms with E-state index in [0.717, 1.165) is 37.9 Å². The second-order valence-electron chi connectivity index (χ2n) is 4.46. The average Bonchev–Trinajstić information content (AvgIpc) is 2.80. The number of hydrogen-bond acceptors (Lipinski definition) is 2. The average molecular weight is 245 g/mol. The van der Waals surface area contributed by atoms with Crippen LogP contribution in [0.2, 0.25) is 0 Å². The quantitative estimate of drug-likeness (QED) is 0.867. The van der Waals surface area contributed by atoms with E-state index in [0.29, 0.717) is 5.69 Å². The fourth-order valence-electron chi connectivity index (χ4n) is 2.26. The Hall–Kier alpha value is -1.10. The summed E-state index contributed by atoms with van der Waals surface area (Å²) in [6.07, 6.45) is -0.338. The molecule has 1 fully saturated rings. The summed E-state index contributed by atoms with van der Waals surface area (Å²) in [7, 11) is 0. The van der Waals surface area contributed by atoms with Crippen molar-refractivity contribution in [2.24, 2.45) is 5.92 Å². The second-order valence-corrected chi connectivity index (χ2v) is 4.46. The molecule has 0 saturated heterocycles. The van der Waals surface area contributed by atoms with Crippen LogP contribution in [0.5, 0.6) is 0 Å². The van der Waals surface area contributed by atoms with Crippen molar-refractivity contribution in [1.82, 2.24) is 4.98 Å². The van der Waals surface area contributed by atoms with Gasteiger partial charge >= 0.3 is 6.18 Å². The van der Waals surface area contributed by atoms with Crippen LogP contribution in [0.25, 0.3) is 0 Å². The van der Waals surface area contributed by atoms with Gasteiger partial charge in [0.05, 0.1) is 17.4 Å². The molecule has 94 valence electrons. The van der Waals surface area contributed by atoms with Gasteiger partial charge in [-0.15, -0.1) is 0 Å². The molecule has 1 aromatic rings. The van der Waals surface area contributed by atoms with Crippen molar-refractivity contribution in [3.05, 3.63) is 29.6 Å². The fourth-order valence-corrected chi connectivity index (χ4v) is 2.26. The molecule has 0 aromatic carbocycles. The molecule has 0 aliphatic heterocycles. The molecule has 1 aliphatic rings. The minimum absolute atomic E-state index is 0.138. The number of halogens is 3. The third kappa shape index (κ3) is 2.77. The van der Waals surface area contributed by atoms with Crippen molar-refractivity contribution in [2.45, 2.75) is 38.0 Å². The fraction of sp³-hybridized carbons (Fsp3) is 0.583. The van der Waals surface area contributed by atoms with Gasteiger partial charge in [0, 0.05) is 6.20 Å². The molecule has 1 aromatic heterocycles. The maximum absolute atomic E-state index is 12.3. The predicted molar refractivity (Wildman–Crippen MR) is 56.2 cm³/mol. The Morgan fingerprint density at radius 1 is 1.24 bits per heavy atom. The Bertz CT molecular complexity index is 368. The molecule has 0 spiro atoms. The molecular weight excluding hydrogens is 231 g/mol. The number of alkyl halides is 3. The molecule has 1 saturated carbocycles. The van der Waals surface area contributed by atoms with Crippen molar-refractivity contribution >= 4 is 0 Å². The summed E-state index contributed by atoms with van der Waals surface area (Å²) in [5, 5.41) is 9.97. The van der Waals surface area contributed by atoms with E-state index in [1.165, 1.54) is 6.07 Å². The SMILES string of the molecule is OC(c1ccc(C(F)(F)F)cn1)C1CCCC1. The molecule has 0 radical (unpaired) electrons. The summed E-state index contributed by atoms with van der Waals surface area (Å²) < 4.78 is 37.0. The summed E-state index contributed by atoms with van der Waals surface area (Å²) in [4.78, 5) is 3.72. The largest absolute Gasteiger partial charge is 0.417 e. The first kappa shape index (κ1) is 12.4. The molecule has 2 nitrogen and oxygen atoms in total. The lowest BCUT2D eigenvalue weighted by molar-refractivity contribution is -0.137. The highest BCUT2D eigenvalue weighted by atomic mass is 19.4. The van der Waals surface area contributed by atoms with E-state index < -0.39 is 17.8 Å². The Morgan fingerprint density at radius 2 is 1.88 bits per heavy atom. The number of rotatable bonds is 2. The van der Waals surface area contributed by atoms with Gasteiger partial charge in [-0.3, -0.25) is 4.98 Å². The van der Waals surface area contributed by atoms with Crippen LogP contribution >= 0.6 is 0 Å². The van der Waals surface area contributed by atoms with E-state index in [9.17, 15) is 18.3 Å². The molecule has 5 heteroatoms. The molecule has 1 N–H and O–H groups in total. The van der Waals surface area contributed by atoms with E-state index in [-0.39, 0.29) is 5.92 Å². The van der Waals surface area contributed by atoms with Gasteiger partial charge in [-0.05, 0) is 30.9 Å². The third-order valence-electron chi connectivity index (χ3n) is 3.26. The van der Waals surface area contributed by atoms with Gasteiger partial charge in [-0.1, -0.05) is 12.8 Å². The van der Waals surface area contributed by atoms with Crippen molar-refractivity contribution in [2.75, 3.05) is 0 Å². The maximum Gasteiger partial charge on any atom is 0.417 e. The lowest BCUT2D eigenvalue weighted by Crippen LogP contribution is -2.12. The van der Waals surface area contributed by atoms with Gasteiger partial charge in [0.25, 0.3) is 0 Å². The van der Waals surface area contributed by atoms with E-state index in [2.05, 4.69) is 4.98 Å². The molecule has 2 rings (SSSR count). The summed E-state index contributed by atoms with van der Waals surface area (Å²) in [6, 6.07) is 2.24. The Labute approximate surface area is 97.5 Å². The van der Waals surface area contributed by atoms with Crippen LogP contribution in [0.4, 0.5) is 13.2 Å². The number of hydrogen-bond donors (Lipinski definition) is 1. The Kier molecular flexibility index (Phi) is 3.38. The zero-order chi connectivity index (χ0) is 12.5.